The quantitative estimate of drug-likeness (QED) is 0.357. The molecule has 2 heterocycles. The molecule has 0 saturated carbocycles. The molecule has 7 nitrogen and oxygen atoms in total. The number of ketones is 1. The van der Waals surface area contributed by atoms with Crippen molar-refractivity contribution in [1.29, 1.82) is 0 Å². The third-order valence-corrected chi connectivity index (χ3v) is 6.76. The zero-order valence-electron chi connectivity index (χ0n) is 19.1. The predicted octanol–water partition coefficient (Wildman–Crippen LogP) is -1.30. The van der Waals surface area contributed by atoms with E-state index in [0.29, 0.717) is 22.4 Å². The molecular weight excluding hydrogens is 445 g/mol. The molecule has 1 fully saturated rings. The SMILES string of the molecule is CC(O)C1C(=O)N2C(C(=O)[O-])=C(/C=C/COc3cccc4c3-c3ccccc3C4=O)[C@H](C)C12.[Na+]. The summed E-state index contributed by atoms with van der Waals surface area (Å²) in [5.41, 5.74) is 3.14. The molecule has 168 valence electrons. The standard InChI is InChI=1S/C26H23NO6.Na/c1-13-15(23(26(31)32)27-22(13)20(14(2)28)25(27)30)10-6-12-33-19-11-5-9-18-21(19)16-7-3-4-8-17(16)24(18)29;/h3-11,13-14,20,22,28H,12H2,1-2H3,(H,31,32);/q;+1/p-1/b10-6+;/t13-,14?,20?,22?;/m0./s1. The van der Waals surface area contributed by atoms with Crippen molar-refractivity contribution in [1.82, 2.24) is 4.90 Å². The van der Waals surface area contributed by atoms with Gasteiger partial charge in [0.15, 0.2) is 5.78 Å². The molecule has 0 aromatic heterocycles. The summed E-state index contributed by atoms with van der Waals surface area (Å²) in [5, 5.41) is 21.7. The predicted molar refractivity (Wildman–Crippen MR) is 117 cm³/mol. The number of β-lactam (4-membered cyclic amide) rings is 1. The number of aliphatic hydroxyl groups excluding tert-OH is 1. The minimum Gasteiger partial charge on any atom is -0.543 e. The molecule has 8 heteroatoms. The maximum absolute atomic E-state index is 12.7. The van der Waals surface area contributed by atoms with Crippen LogP contribution >= 0.6 is 0 Å². The molecule has 34 heavy (non-hydrogen) atoms. The van der Waals surface area contributed by atoms with E-state index in [1.807, 2.05) is 25.1 Å². The number of ether oxygens (including phenoxy) is 1. The number of fused-ring (bicyclic) bond motifs is 4. The fourth-order valence-corrected chi connectivity index (χ4v) is 5.28. The molecule has 1 N–H and O–H groups in total. The molecule has 5 rings (SSSR count). The van der Waals surface area contributed by atoms with Gasteiger partial charge in [-0.25, -0.2) is 0 Å². The van der Waals surface area contributed by atoms with Crippen molar-refractivity contribution in [3.05, 3.63) is 77.0 Å². The number of carboxylic acid groups (broad SMARTS) is 1. The number of carbonyl (C=O) groups is 3. The van der Waals surface area contributed by atoms with Gasteiger partial charge in [0.25, 0.3) is 0 Å². The molecule has 1 saturated heterocycles. The van der Waals surface area contributed by atoms with Crippen LogP contribution in [0.4, 0.5) is 0 Å². The van der Waals surface area contributed by atoms with Gasteiger partial charge in [0, 0.05) is 22.6 Å². The van der Waals surface area contributed by atoms with Crippen molar-refractivity contribution in [2.24, 2.45) is 11.8 Å². The van der Waals surface area contributed by atoms with Gasteiger partial charge in [0.2, 0.25) is 5.91 Å². The third kappa shape index (κ3) is 3.55. The average molecular weight is 467 g/mol. The number of aliphatic carboxylic acids is 1. The Hall–Kier alpha value is -2.71. The second-order valence-electron chi connectivity index (χ2n) is 8.61. The van der Waals surface area contributed by atoms with Crippen molar-refractivity contribution in [2.75, 3.05) is 6.61 Å². The van der Waals surface area contributed by atoms with Gasteiger partial charge in [-0.2, -0.15) is 0 Å². The molecule has 0 radical (unpaired) electrons. The summed E-state index contributed by atoms with van der Waals surface area (Å²) >= 11 is 0. The molecule has 2 aromatic rings. The number of hydrogen-bond acceptors (Lipinski definition) is 6. The largest absolute Gasteiger partial charge is 1.00 e. The number of nitrogens with zero attached hydrogens (tertiary/aromatic N) is 1. The Morgan fingerprint density at radius 2 is 1.82 bits per heavy atom. The van der Waals surface area contributed by atoms with E-state index in [9.17, 15) is 24.6 Å². The Bertz CT molecular complexity index is 1260. The van der Waals surface area contributed by atoms with Crippen molar-refractivity contribution >= 4 is 17.7 Å². The van der Waals surface area contributed by atoms with Gasteiger partial charge < -0.3 is 24.6 Å². The third-order valence-electron chi connectivity index (χ3n) is 6.76. The number of allylic oxidation sites excluding steroid dienone is 1. The second-order valence-corrected chi connectivity index (χ2v) is 8.61. The zero-order chi connectivity index (χ0) is 23.4. The summed E-state index contributed by atoms with van der Waals surface area (Å²) in [7, 11) is 0. The second kappa shape index (κ2) is 9.15. The summed E-state index contributed by atoms with van der Waals surface area (Å²) in [6.07, 6.45) is 2.47. The summed E-state index contributed by atoms with van der Waals surface area (Å²) in [6.45, 7) is 3.51. The molecule has 3 unspecified atom stereocenters. The Morgan fingerprint density at radius 3 is 2.50 bits per heavy atom. The Balaban J connectivity index is 0.00000274. The molecule has 2 aliphatic heterocycles. The summed E-state index contributed by atoms with van der Waals surface area (Å²) in [5.74, 6) is -2.18. The van der Waals surface area contributed by atoms with E-state index in [1.165, 1.54) is 11.8 Å². The van der Waals surface area contributed by atoms with Crippen LogP contribution in [0.15, 0.2) is 65.9 Å². The van der Waals surface area contributed by atoms with Gasteiger partial charge in [-0.3, -0.25) is 9.59 Å². The van der Waals surface area contributed by atoms with Gasteiger partial charge in [0.05, 0.1) is 29.7 Å². The number of hydrogen-bond donors (Lipinski definition) is 1. The number of carbonyl (C=O) groups excluding carboxylic acids is 3. The van der Waals surface area contributed by atoms with Gasteiger partial charge in [-0.15, -0.1) is 0 Å². The molecule has 1 amide bonds. The maximum atomic E-state index is 12.7. The Labute approximate surface area is 219 Å². The molecule has 2 aromatic carbocycles. The molecule has 3 aliphatic rings. The minimum atomic E-state index is -1.42. The molecule has 0 bridgehead atoms. The number of aliphatic hydroxyl groups is 1. The fourth-order valence-electron chi connectivity index (χ4n) is 5.28. The van der Waals surface area contributed by atoms with Crippen LogP contribution < -0.4 is 39.4 Å². The first-order valence-electron chi connectivity index (χ1n) is 10.9. The smallest absolute Gasteiger partial charge is 0.543 e. The van der Waals surface area contributed by atoms with Crippen molar-refractivity contribution in [3.63, 3.8) is 0 Å². The van der Waals surface area contributed by atoms with Crippen molar-refractivity contribution in [3.8, 4) is 16.9 Å². The number of amides is 1. The first kappa shape index (κ1) is 24.4. The van der Waals surface area contributed by atoms with Crippen molar-refractivity contribution in [2.45, 2.75) is 26.0 Å². The number of rotatable bonds is 6. The van der Waals surface area contributed by atoms with Gasteiger partial charge in [-0.05, 0) is 30.2 Å². The zero-order valence-corrected chi connectivity index (χ0v) is 21.1. The van der Waals surface area contributed by atoms with Crippen LogP contribution in [0.1, 0.15) is 29.8 Å². The van der Waals surface area contributed by atoms with E-state index in [4.69, 9.17) is 4.74 Å². The molecule has 4 atom stereocenters. The van der Waals surface area contributed by atoms with Crippen LogP contribution in [-0.4, -0.2) is 46.4 Å². The Morgan fingerprint density at radius 1 is 1.15 bits per heavy atom. The molecular formula is C26H22NNaO6. The normalized spacial score (nSPS) is 23.3. The monoisotopic (exact) mass is 467 g/mol. The van der Waals surface area contributed by atoms with E-state index in [-0.39, 0.29) is 53.6 Å². The first-order valence-corrected chi connectivity index (χ1v) is 10.9. The first-order chi connectivity index (χ1) is 15.8. The average Bonchev–Trinajstić information content (AvgIpc) is 3.21. The fraction of sp³-hybridized carbons (Fsp3) is 0.269. The summed E-state index contributed by atoms with van der Waals surface area (Å²) in [4.78, 5) is 38.1. The van der Waals surface area contributed by atoms with E-state index < -0.39 is 29.9 Å². The number of benzene rings is 2. The summed E-state index contributed by atoms with van der Waals surface area (Å²) < 4.78 is 5.95. The Kier molecular flexibility index (Phi) is 6.57. The van der Waals surface area contributed by atoms with Crippen LogP contribution in [0.3, 0.4) is 0 Å². The van der Waals surface area contributed by atoms with Crippen LogP contribution in [-0.2, 0) is 9.59 Å². The topological polar surface area (TPSA) is 107 Å². The van der Waals surface area contributed by atoms with Gasteiger partial charge >= 0.3 is 29.6 Å². The van der Waals surface area contributed by atoms with Crippen LogP contribution in [0, 0.1) is 11.8 Å². The van der Waals surface area contributed by atoms with E-state index in [2.05, 4.69) is 0 Å². The molecule has 1 aliphatic carbocycles. The number of carboxylic acids is 1. The maximum Gasteiger partial charge on any atom is 1.00 e. The van der Waals surface area contributed by atoms with Gasteiger partial charge in [-0.1, -0.05) is 49.4 Å². The van der Waals surface area contributed by atoms with Crippen LogP contribution in [0.25, 0.3) is 11.1 Å². The van der Waals surface area contributed by atoms with E-state index in [1.54, 1.807) is 36.4 Å². The van der Waals surface area contributed by atoms with E-state index in [0.717, 1.165) is 11.1 Å². The summed E-state index contributed by atoms with van der Waals surface area (Å²) in [6, 6.07) is 12.3. The van der Waals surface area contributed by atoms with E-state index >= 15 is 0 Å². The van der Waals surface area contributed by atoms with Crippen LogP contribution in [0.5, 0.6) is 5.75 Å². The van der Waals surface area contributed by atoms with Crippen LogP contribution in [0.2, 0.25) is 0 Å². The van der Waals surface area contributed by atoms with Gasteiger partial charge in [0.1, 0.15) is 12.4 Å². The minimum absolute atomic E-state index is 0. The molecule has 0 spiro atoms. The van der Waals surface area contributed by atoms with Crippen molar-refractivity contribution < 1.29 is 58.9 Å².